The normalized spacial score (nSPS) is 29.1. The van der Waals surface area contributed by atoms with Crippen LogP contribution in [0.5, 0.6) is 0 Å². The van der Waals surface area contributed by atoms with Crippen LogP contribution in [0.3, 0.4) is 0 Å². The zero-order chi connectivity index (χ0) is 12.4. The Bertz CT molecular complexity index is 376. The molecule has 1 fully saturated rings. The second-order valence-corrected chi connectivity index (χ2v) is 4.82. The minimum Gasteiger partial charge on any atom is -0.457 e. The average Bonchev–Trinajstić information content (AvgIpc) is 2.90. The molecule has 2 heterocycles. The molecule has 0 spiro atoms. The van der Waals surface area contributed by atoms with Crippen LogP contribution in [0.4, 0.5) is 0 Å². The standard InChI is InChI=1S/C13H18ClNO2/c1-3-9(2)13(16)17-11-5-7-15-6-4-10(8-14)12(11)15/h3-4,11-12H,5-8H2,1-2H3/b9-3+/t11-,12+/m1/s1. The van der Waals surface area contributed by atoms with Gasteiger partial charge in [0, 0.05) is 24.5 Å². The Hall–Kier alpha value is -0.800. The molecule has 17 heavy (non-hydrogen) atoms. The lowest BCUT2D eigenvalue weighted by atomic mass is 10.1. The molecule has 0 aromatic rings. The van der Waals surface area contributed by atoms with Crippen LogP contribution < -0.4 is 0 Å². The monoisotopic (exact) mass is 255 g/mol. The van der Waals surface area contributed by atoms with Gasteiger partial charge < -0.3 is 4.74 Å². The Kier molecular flexibility index (Phi) is 3.89. The summed E-state index contributed by atoms with van der Waals surface area (Å²) in [5, 5.41) is 0. The maximum absolute atomic E-state index is 11.8. The molecule has 3 nitrogen and oxygen atoms in total. The van der Waals surface area contributed by atoms with E-state index in [2.05, 4.69) is 11.0 Å². The first-order valence-electron chi connectivity index (χ1n) is 6.00. The van der Waals surface area contributed by atoms with Gasteiger partial charge in [-0.15, -0.1) is 11.6 Å². The molecule has 1 saturated heterocycles. The summed E-state index contributed by atoms with van der Waals surface area (Å²) in [6.45, 7) is 5.54. The van der Waals surface area contributed by atoms with Gasteiger partial charge in [0.2, 0.25) is 0 Å². The van der Waals surface area contributed by atoms with Crippen LogP contribution in [0.25, 0.3) is 0 Å². The van der Waals surface area contributed by atoms with E-state index in [9.17, 15) is 4.79 Å². The molecule has 2 aliphatic heterocycles. The Labute approximate surface area is 107 Å². The smallest absolute Gasteiger partial charge is 0.333 e. The fraction of sp³-hybridized carbons (Fsp3) is 0.615. The van der Waals surface area contributed by atoms with Gasteiger partial charge in [-0.05, 0) is 25.8 Å². The molecule has 0 N–H and O–H groups in total. The van der Waals surface area contributed by atoms with Gasteiger partial charge in [0.1, 0.15) is 6.10 Å². The van der Waals surface area contributed by atoms with Crippen molar-refractivity contribution in [3.05, 3.63) is 23.3 Å². The molecule has 2 rings (SSSR count). The molecular formula is C13H18ClNO2. The summed E-state index contributed by atoms with van der Waals surface area (Å²) in [4.78, 5) is 14.1. The molecule has 4 heteroatoms. The zero-order valence-electron chi connectivity index (χ0n) is 10.3. The minimum atomic E-state index is -0.208. The summed E-state index contributed by atoms with van der Waals surface area (Å²) >= 11 is 5.92. The number of hydrogen-bond donors (Lipinski definition) is 0. The SMILES string of the molecule is C/C=C(\C)C(=O)O[C@@H]1CCN2CC=C(CCl)[C@@H]12. The third-order valence-corrected chi connectivity index (χ3v) is 3.89. The predicted molar refractivity (Wildman–Crippen MR) is 68.1 cm³/mol. The molecule has 94 valence electrons. The van der Waals surface area contributed by atoms with Gasteiger partial charge in [-0.1, -0.05) is 12.2 Å². The van der Waals surface area contributed by atoms with Crippen LogP contribution in [-0.4, -0.2) is 42.0 Å². The lowest BCUT2D eigenvalue weighted by Crippen LogP contribution is -2.35. The topological polar surface area (TPSA) is 29.5 Å². The summed E-state index contributed by atoms with van der Waals surface area (Å²) in [5.41, 5.74) is 1.86. The lowest BCUT2D eigenvalue weighted by Gasteiger charge is -2.23. The number of alkyl halides is 1. The van der Waals surface area contributed by atoms with Gasteiger partial charge in [0.25, 0.3) is 0 Å². The average molecular weight is 256 g/mol. The van der Waals surface area contributed by atoms with E-state index in [4.69, 9.17) is 16.3 Å². The summed E-state index contributed by atoms with van der Waals surface area (Å²) in [6.07, 6.45) is 4.80. The number of fused-ring (bicyclic) bond motifs is 1. The van der Waals surface area contributed by atoms with Crippen LogP contribution in [0.1, 0.15) is 20.3 Å². The van der Waals surface area contributed by atoms with Crippen LogP contribution in [0.15, 0.2) is 23.3 Å². The highest BCUT2D eigenvalue weighted by atomic mass is 35.5. The molecule has 0 saturated carbocycles. The zero-order valence-corrected chi connectivity index (χ0v) is 11.0. The van der Waals surface area contributed by atoms with E-state index in [0.717, 1.165) is 19.5 Å². The van der Waals surface area contributed by atoms with E-state index >= 15 is 0 Å². The third kappa shape index (κ3) is 2.40. The van der Waals surface area contributed by atoms with Crippen LogP contribution in [0, 0.1) is 0 Å². The number of hydrogen-bond acceptors (Lipinski definition) is 3. The first kappa shape index (κ1) is 12.7. The van der Waals surface area contributed by atoms with E-state index in [-0.39, 0.29) is 18.1 Å². The van der Waals surface area contributed by atoms with Crippen molar-refractivity contribution in [2.45, 2.75) is 32.4 Å². The van der Waals surface area contributed by atoms with E-state index in [1.165, 1.54) is 5.57 Å². The lowest BCUT2D eigenvalue weighted by molar-refractivity contribution is -0.144. The molecular weight excluding hydrogens is 238 g/mol. The Morgan fingerprint density at radius 1 is 1.71 bits per heavy atom. The third-order valence-electron chi connectivity index (χ3n) is 3.58. The number of nitrogens with zero attached hydrogens (tertiary/aromatic N) is 1. The maximum Gasteiger partial charge on any atom is 0.333 e. The highest BCUT2D eigenvalue weighted by molar-refractivity contribution is 6.19. The van der Waals surface area contributed by atoms with E-state index in [1.54, 1.807) is 13.0 Å². The van der Waals surface area contributed by atoms with Crippen molar-refractivity contribution >= 4 is 17.6 Å². The highest BCUT2D eigenvalue weighted by Gasteiger charge is 2.41. The Morgan fingerprint density at radius 2 is 2.47 bits per heavy atom. The van der Waals surface area contributed by atoms with E-state index < -0.39 is 0 Å². The molecule has 0 unspecified atom stereocenters. The van der Waals surface area contributed by atoms with Crippen LogP contribution in [-0.2, 0) is 9.53 Å². The van der Waals surface area contributed by atoms with Crippen molar-refractivity contribution in [2.24, 2.45) is 0 Å². The first-order chi connectivity index (χ1) is 8.17. The van der Waals surface area contributed by atoms with Crippen LogP contribution in [0.2, 0.25) is 0 Å². The first-order valence-corrected chi connectivity index (χ1v) is 6.53. The van der Waals surface area contributed by atoms with Crippen molar-refractivity contribution < 1.29 is 9.53 Å². The molecule has 0 amide bonds. The molecule has 2 atom stereocenters. The quantitative estimate of drug-likeness (QED) is 0.335. The molecule has 0 bridgehead atoms. The molecule has 0 aromatic heterocycles. The van der Waals surface area contributed by atoms with E-state index in [1.807, 2.05) is 6.92 Å². The molecule has 2 aliphatic rings. The van der Waals surface area contributed by atoms with Gasteiger partial charge in [-0.2, -0.15) is 0 Å². The van der Waals surface area contributed by atoms with Crippen molar-refractivity contribution in [2.75, 3.05) is 19.0 Å². The largest absolute Gasteiger partial charge is 0.457 e. The summed E-state index contributed by atoms with van der Waals surface area (Å²) in [5.74, 6) is 0.317. The summed E-state index contributed by atoms with van der Waals surface area (Å²) in [7, 11) is 0. The predicted octanol–water partition coefficient (Wildman–Crippen LogP) is 2.12. The van der Waals surface area contributed by atoms with Crippen molar-refractivity contribution in [1.29, 1.82) is 0 Å². The van der Waals surface area contributed by atoms with Gasteiger partial charge in [-0.3, -0.25) is 4.90 Å². The Balaban J connectivity index is 2.03. The van der Waals surface area contributed by atoms with Gasteiger partial charge >= 0.3 is 5.97 Å². The number of halogens is 1. The minimum absolute atomic E-state index is 0.0371. The van der Waals surface area contributed by atoms with Crippen molar-refractivity contribution in [3.8, 4) is 0 Å². The number of carbonyl (C=O) groups excluding carboxylic acids is 1. The summed E-state index contributed by atoms with van der Waals surface area (Å²) in [6, 6.07) is 0.209. The number of esters is 1. The summed E-state index contributed by atoms with van der Waals surface area (Å²) < 4.78 is 5.56. The van der Waals surface area contributed by atoms with Gasteiger partial charge in [0.05, 0.1) is 6.04 Å². The van der Waals surface area contributed by atoms with E-state index in [0.29, 0.717) is 11.5 Å². The van der Waals surface area contributed by atoms with Crippen LogP contribution >= 0.6 is 11.6 Å². The maximum atomic E-state index is 11.8. The highest BCUT2D eigenvalue weighted by Crippen LogP contribution is 2.31. The number of carbonyl (C=O) groups is 1. The number of ether oxygens (including phenoxy) is 1. The van der Waals surface area contributed by atoms with Crippen molar-refractivity contribution in [3.63, 3.8) is 0 Å². The fourth-order valence-corrected chi connectivity index (χ4v) is 2.73. The van der Waals surface area contributed by atoms with Crippen molar-refractivity contribution in [1.82, 2.24) is 4.90 Å². The molecule has 0 radical (unpaired) electrons. The number of rotatable bonds is 3. The fourth-order valence-electron chi connectivity index (χ4n) is 2.46. The second-order valence-electron chi connectivity index (χ2n) is 4.56. The van der Waals surface area contributed by atoms with Gasteiger partial charge in [-0.25, -0.2) is 4.79 Å². The molecule has 0 aliphatic carbocycles. The second kappa shape index (κ2) is 5.23. The van der Waals surface area contributed by atoms with Gasteiger partial charge in [0.15, 0.2) is 0 Å². The Morgan fingerprint density at radius 3 is 3.12 bits per heavy atom. The number of allylic oxidation sites excluding steroid dienone is 1. The molecule has 0 aromatic carbocycles.